The Labute approximate surface area is 346 Å². The smallest absolute Gasteiger partial charge is 0.123 e. The van der Waals surface area contributed by atoms with Crippen molar-refractivity contribution in [3.8, 4) is 23.0 Å². The van der Waals surface area contributed by atoms with E-state index in [0.29, 0.717) is 11.5 Å². The van der Waals surface area contributed by atoms with Crippen LogP contribution in [0.15, 0.2) is 36.4 Å². The summed E-state index contributed by atoms with van der Waals surface area (Å²) in [5, 5.41) is 19.3. The average Bonchev–Trinajstić information content (AvgIpc) is 3.12. The van der Waals surface area contributed by atoms with Crippen molar-refractivity contribution in [3.63, 3.8) is 0 Å². The van der Waals surface area contributed by atoms with Crippen molar-refractivity contribution in [1.29, 1.82) is 0 Å². The number of benzene rings is 2. The van der Waals surface area contributed by atoms with Gasteiger partial charge in [-0.25, -0.2) is 0 Å². The first kappa shape index (κ1) is 48.0. The van der Waals surface area contributed by atoms with Crippen LogP contribution in [0.3, 0.4) is 0 Å². The van der Waals surface area contributed by atoms with Crippen LogP contribution < -0.4 is 9.47 Å². The second-order valence-corrected chi connectivity index (χ2v) is 20.4. The van der Waals surface area contributed by atoms with Crippen molar-refractivity contribution in [3.05, 3.63) is 47.5 Å². The maximum Gasteiger partial charge on any atom is 0.123 e. The van der Waals surface area contributed by atoms with Crippen molar-refractivity contribution < 1.29 is 19.7 Å². The maximum atomic E-state index is 9.63. The minimum Gasteiger partial charge on any atom is -0.508 e. The zero-order valence-corrected chi connectivity index (χ0v) is 38.2. The second kappa shape index (κ2) is 24.5. The highest BCUT2D eigenvalue weighted by atomic mass is 16.5. The summed E-state index contributed by atoms with van der Waals surface area (Å²) in [6.07, 6.45) is 28.1. The van der Waals surface area contributed by atoms with Crippen molar-refractivity contribution in [2.75, 3.05) is 0 Å². The summed E-state index contributed by atoms with van der Waals surface area (Å²) < 4.78 is 12.6. The van der Waals surface area contributed by atoms with Gasteiger partial charge in [-0.3, -0.25) is 0 Å². The van der Waals surface area contributed by atoms with Gasteiger partial charge in [-0.1, -0.05) is 145 Å². The Morgan fingerprint density at radius 2 is 0.768 bits per heavy atom. The molecular formula is C52H88O4. The van der Waals surface area contributed by atoms with Gasteiger partial charge < -0.3 is 19.7 Å². The molecule has 2 N–H and O–H groups in total. The number of hydrogen-bond acceptors (Lipinski definition) is 4. The third-order valence-corrected chi connectivity index (χ3v) is 13.2. The number of fused-ring (bicyclic) bond motifs is 2. The summed E-state index contributed by atoms with van der Waals surface area (Å²) >= 11 is 0. The monoisotopic (exact) mass is 777 g/mol. The van der Waals surface area contributed by atoms with Crippen LogP contribution in [0.25, 0.3) is 0 Å². The van der Waals surface area contributed by atoms with Gasteiger partial charge in [0.05, 0.1) is 0 Å². The van der Waals surface area contributed by atoms with Gasteiger partial charge in [0.25, 0.3) is 0 Å². The molecule has 4 heteroatoms. The van der Waals surface area contributed by atoms with Gasteiger partial charge in [-0.2, -0.15) is 0 Å². The lowest BCUT2D eigenvalue weighted by molar-refractivity contribution is 0.0520. The lowest BCUT2D eigenvalue weighted by Crippen LogP contribution is -2.36. The Morgan fingerprint density at radius 3 is 1.09 bits per heavy atom. The third-order valence-electron chi connectivity index (χ3n) is 13.2. The van der Waals surface area contributed by atoms with Crippen LogP contribution in [-0.4, -0.2) is 21.4 Å². The number of aromatic hydroxyl groups is 2. The molecule has 2 aromatic rings. The predicted molar refractivity (Wildman–Crippen MR) is 240 cm³/mol. The SMILES string of the molecule is CC(C)CCCC(C)CCCC(C)CCCC1(C)CCc2cc(O)ccc2O1.CC(C)CCCC(C)CCCC(C)CCCC1(C)CCc2cc(O)ccc2O1. The molecule has 2 heterocycles. The molecule has 0 radical (unpaired) electrons. The van der Waals surface area contributed by atoms with Gasteiger partial charge >= 0.3 is 0 Å². The van der Waals surface area contributed by atoms with Crippen LogP contribution in [0, 0.1) is 35.5 Å². The number of phenols is 2. The number of rotatable bonds is 24. The number of hydrogen-bond donors (Lipinski definition) is 2. The van der Waals surface area contributed by atoms with E-state index in [9.17, 15) is 10.2 Å². The summed E-state index contributed by atoms with van der Waals surface area (Å²) in [6.45, 7) is 23.5. The van der Waals surface area contributed by atoms with Gasteiger partial charge in [0.2, 0.25) is 0 Å². The summed E-state index contributed by atoms with van der Waals surface area (Å²) in [6, 6.07) is 11.0. The zero-order chi connectivity index (χ0) is 41.1. The van der Waals surface area contributed by atoms with E-state index in [1.54, 1.807) is 12.1 Å². The molecule has 320 valence electrons. The molecule has 0 aliphatic carbocycles. The maximum absolute atomic E-state index is 9.63. The molecule has 2 aromatic carbocycles. The largest absolute Gasteiger partial charge is 0.508 e. The Morgan fingerprint density at radius 1 is 0.464 bits per heavy atom. The third kappa shape index (κ3) is 18.9. The Bertz CT molecular complexity index is 1260. The molecule has 2 aliphatic heterocycles. The van der Waals surface area contributed by atoms with E-state index in [0.717, 1.165) is 96.7 Å². The molecule has 0 saturated heterocycles. The molecule has 6 unspecified atom stereocenters. The predicted octanol–water partition coefficient (Wildman–Crippen LogP) is 15.8. The van der Waals surface area contributed by atoms with E-state index in [1.807, 2.05) is 24.3 Å². The Balaban J connectivity index is 0.000000300. The normalized spacial score (nSPS) is 21.2. The first-order chi connectivity index (χ1) is 26.5. The van der Waals surface area contributed by atoms with Gasteiger partial charge in [-0.05, 0) is 148 Å². The zero-order valence-electron chi connectivity index (χ0n) is 38.2. The van der Waals surface area contributed by atoms with Gasteiger partial charge in [0.15, 0.2) is 0 Å². The van der Waals surface area contributed by atoms with Crippen molar-refractivity contribution in [2.45, 2.75) is 222 Å². The molecular weight excluding hydrogens is 689 g/mol. The quantitative estimate of drug-likeness (QED) is 0.111. The number of phenolic OH excluding ortho intramolecular Hbond substituents is 2. The van der Waals surface area contributed by atoms with E-state index < -0.39 is 0 Å². The summed E-state index contributed by atoms with van der Waals surface area (Å²) in [4.78, 5) is 0. The molecule has 6 atom stereocenters. The van der Waals surface area contributed by atoms with Crippen LogP contribution in [0.1, 0.15) is 209 Å². The average molecular weight is 777 g/mol. The van der Waals surface area contributed by atoms with Crippen LogP contribution in [0.4, 0.5) is 0 Å². The van der Waals surface area contributed by atoms with Gasteiger partial charge in [0.1, 0.15) is 34.2 Å². The lowest BCUT2D eigenvalue weighted by Gasteiger charge is -2.36. The molecule has 0 bridgehead atoms. The topological polar surface area (TPSA) is 58.9 Å². The second-order valence-electron chi connectivity index (χ2n) is 20.4. The molecule has 56 heavy (non-hydrogen) atoms. The van der Waals surface area contributed by atoms with Crippen LogP contribution in [0.5, 0.6) is 23.0 Å². The van der Waals surface area contributed by atoms with Crippen molar-refractivity contribution in [1.82, 2.24) is 0 Å². The molecule has 0 fully saturated rings. The fourth-order valence-corrected chi connectivity index (χ4v) is 9.11. The highest BCUT2D eigenvalue weighted by Gasteiger charge is 2.32. The summed E-state index contributed by atoms with van der Waals surface area (Å²) in [5.74, 6) is 7.73. The molecule has 0 spiro atoms. The van der Waals surface area contributed by atoms with Crippen molar-refractivity contribution in [2.24, 2.45) is 35.5 Å². The summed E-state index contributed by atoms with van der Waals surface area (Å²) in [7, 11) is 0. The molecule has 0 aromatic heterocycles. The first-order valence-electron chi connectivity index (χ1n) is 23.6. The highest BCUT2D eigenvalue weighted by Crippen LogP contribution is 2.39. The van der Waals surface area contributed by atoms with Crippen molar-refractivity contribution >= 4 is 0 Å². The molecule has 4 nitrogen and oxygen atoms in total. The minimum atomic E-state index is -0.0470. The van der Waals surface area contributed by atoms with Crippen LogP contribution >= 0.6 is 0 Å². The first-order valence-corrected chi connectivity index (χ1v) is 23.6. The van der Waals surface area contributed by atoms with E-state index >= 15 is 0 Å². The Hall–Kier alpha value is -2.36. The van der Waals surface area contributed by atoms with Gasteiger partial charge in [0, 0.05) is 0 Å². The standard InChI is InChI=1S/2C26H44O2/c2*1-20(2)9-6-10-21(3)11-7-12-22(4)13-8-17-26(5)18-16-23-19-24(27)14-15-25(23)28-26/h2*14-15,19-22,27H,6-13,16-18H2,1-5H3. The fraction of sp³-hybridized carbons (Fsp3) is 0.769. The van der Waals surface area contributed by atoms with Gasteiger partial charge in [-0.15, -0.1) is 0 Å². The molecule has 0 saturated carbocycles. The highest BCUT2D eigenvalue weighted by molar-refractivity contribution is 5.42. The molecule has 4 rings (SSSR count). The molecule has 0 amide bonds. The number of aryl methyl sites for hydroxylation is 2. The minimum absolute atomic E-state index is 0.0470. The van der Waals surface area contributed by atoms with Crippen LogP contribution in [0.2, 0.25) is 0 Å². The lowest BCUT2D eigenvalue weighted by atomic mass is 9.86. The van der Waals surface area contributed by atoms with Crippen LogP contribution in [-0.2, 0) is 12.8 Å². The Kier molecular flexibility index (Phi) is 21.0. The van der Waals surface area contributed by atoms with E-state index in [4.69, 9.17) is 9.47 Å². The summed E-state index contributed by atoms with van der Waals surface area (Å²) in [5.41, 5.74) is 2.20. The fourth-order valence-electron chi connectivity index (χ4n) is 9.11. The number of ether oxygens (including phenoxy) is 2. The molecule has 2 aliphatic rings. The van der Waals surface area contributed by atoms with E-state index in [2.05, 4.69) is 69.2 Å². The van der Waals surface area contributed by atoms with E-state index in [-0.39, 0.29) is 11.2 Å². The van der Waals surface area contributed by atoms with E-state index in [1.165, 1.54) is 103 Å².